The van der Waals surface area contributed by atoms with E-state index in [1.807, 2.05) is 25.4 Å². The van der Waals surface area contributed by atoms with Crippen LogP contribution < -0.4 is 15.6 Å². The van der Waals surface area contributed by atoms with E-state index in [4.69, 9.17) is 33.7 Å². The smallest absolute Gasteiger partial charge is 0.324 e. The van der Waals surface area contributed by atoms with Crippen LogP contribution >= 0.6 is 11.3 Å². The Labute approximate surface area is 476 Å². The van der Waals surface area contributed by atoms with Crippen molar-refractivity contribution in [1.29, 1.82) is 0 Å². The van der Waals surface area contributed by atoms with Crippen LogP contribution in [0.15, 0.2) is 48.1 Å². The molecule has 1 aromatic carbocycles. The highest BCUT2D eigenvalue weighted by molar-refractivity contribution is 7.10. The Kier molecular flexibility index (Phi) is 16.3. The second kappa shape index (κ2) is 23.6. The summed E-state index contributed by atoms with van der Waals surface area (Å²) < 4.78 is 62.3. The van der Waals surface area contributed by atoms with Crippen LogP contribution in [0.2, 0.25) is 0 Å². The third kappa shape index (κ3) is 11.8. The average molecular weight is 1140 g/mol. The molecule has 18 nitrogen and oxygen atoms in total. The maximum absolute atomic E-state index is 15.4. The first-order chi connectivity index (χ1) is 39.2. The molecule has 6 bridgehead atoms. The molecule has 5 aliphatic heterocycles. The lowest BCUT2D eigenvalue weighted by Gasteiger charge is -2.41. The van der Waals surface area contributed by atoms with Gasteiger partial charge in [-0.05, 0) is 81.5 Å². The van der Waals surface area contributed by atoms with Gasteiger partial charge in [0.2, 0.25) is 5.91 Å². The highest BCUT2D eigenvalue weighted by Gasteiger charge is 2.56. The number of morpholine rings is 1. The number of nitrogens with zero attached hydrogens (tertiary/aromatic N) is 8. The fourth-order valence-corrected chi connectivity index (χ4v) is 14.1. The highest BCUT2D eigenvalue weighted by Crippen LogP contribution is 2.54. The molecule has 4 aromatic heterocycles. The number of hydrazine groups is 1. The third-order valence-electron chi connectivity index (χ3n) is 17.9. The quantitative estimate of drug-likeness (QED) is 0.113. The van der Waals surface area contributed by atoms with Crippen molar-refractivity contribution in [3.05, 3.63) is 81.7 Å². The molecule has 2 N–H and O–H groups in total. The number of piperazine rings is 1. The Morgan fingerprint density at radius 3 is 2.47 bits per heavy atom. The number of esters is 1. The Hall–Kier alpha value is -5.52. The van der Waals surface area contributed by atoms with Gasteiger partial charge in [-0.2, -0.15) is 0 Å². The Morgan fingerprint density at radius 1 is 0.938 bits per heavy atom. The molecule has 2 amide bonds. The summed E-state index contributed by atoms with van der Waals surface area (Å²) in [5.41, 5.74) is 10.1. The van der Waals surface area contributed by atoms with Crippen LogP contribution in [0.4, 0.5) is 14.5 Å². The fraction of sp³-hybridized carbons (Fsp3) is 0.600. The minimum atomic E-state index is -1.21. The van der Waals surface area contributed by atoms with E-state index >= 15 is 9.18 Å². The van der Waals surface area contributed by atoms with Gasteiger partial charge in [-0.15, -0.1) is 11.3 Å². The Morgan fingerprint density at radius 2 is 1.72 bits per heavy atom. The molecule has 9 heterocycles. The minimum Gasteiger partial charge on any atom is -0.464 e. The zero-order valence-electron chi connectivity index (χ0n) is 47.2. The predicted molar refractivity (Wildman–Crippen MR) is 301 cm³/mol. The monoisotopic (exact) mass is 1130 g/mol. The maximum atomic E-state index is 15.4. The number of benzene rings is 1. The summed E-state index contributed by atoms with van der Waals surface area (Å²) in [6.45, 7) is 16.3. The van der Waals surface area contributed by atoms with Gasteiger partial charge in [-0.25, -0.2) is 19.2 Å². The maximum Gasteiger partial charge on any atom is 0.324 e. The van der Waals surface area contributed by atoms with Crippen molar-refractivity contribution in [2.75, 3.05) is 97.5 Å². The molecule has 0 radical (unpaired) electrons. The average Bonchev–Trinajstić information content (AvgIpc) is 4.56. The van der Waals surface area contributed by atoms with Gasteiger partial charge in [0.25, 0.3) is 5.91 Å². The summed E-state index contributed by atoms with van der Waals surface area (Å²) in [5.74, 6) is -4.72. The van der Waals surface area contributed by atoms with Gasteiger partial charge in [-0.3, -0.25) is 39.2 Å². The summed E-state index contributed by atoms with van der Waals surface area (Å²) in [7, 11) is 1.72. The molecule has 4 saturated heterocycles. The van der Waals surface area contributed by atoms with Gasteiger partial charge in [-0.1, -0.05) is 26.8 Å². The molecular weight excluding hydrogens is 1060 g/mol. The number of carbonyl (C=O) groups is 3. The number of methoxy groups -OCH3 is 1. The molecular formula is C60H76F2N10O8S. The molecule has 6 fully saturated rings. The number of amides is 2. The van der Waals surface area contributed by atoms with Crippen molar-refractivity contribution in [2.24, 2.45) is 17.3 Å². The zero-order chi connectivity index (χ0) is 56.1. The number of cyclic esters (lactones) is 1. The lowest BCUT2D eigenvalue weighted by molar-refractivity contribution is -0.156. The van der Waals surface area contributed by atoms with E-state index in [0.717, 1.165) is 96.0 Å². The number of carbonyl (C=O) groups excluding carboxylic acids is 3. The number of ether oxygens (including phenoxy) is 5. The van der Waals surface area contributed by atoms with E-state index in [1.54, 1.807) is 7.11 Å². The lowest BCUT2D eigenvalue weighted by atomic mass is 9.84. The standard InChI is InChI=1S/C60H76F2N10O8S/c1-35-49(52-45(62)28-38(61)31-63-52)50(35)56(73)66-53-55(70-19-24-78-25-20-70)57-65-47(33-81-57)37-8-11-48-42(27-37)44(30-60(3,4)34-80-59(75)46-7-6-14-72(67-46)58(53)74)54(71(48)21-26-79-41-12-22-77-23-13-41)43-29-40(32-64-51(43)36(2)76-5)69-17-15-68(16-18-69)39-9-10-39/h8,11,27-29,31-33,35-36,39,41,46,49-50,53,55,67H,6-7,9-10,12-26,30,34H2,1-5H3,(H,66,73)/t35-,36+,46+,49+,50+,53+,55+/m1/s1. The molecule has 12 rings (SSSR count). The molecule has 434 valence electrons. The van der Waals surface area contributed by atoms with Crippen LogP contribution in [-0.2, 0) is 51.0 Å². The van der Waals surface area contributed by atoms with Gasteiger partial charge < -0.3 is 38.5 Å². The summed E-state index contributed by atoms with van der Waals surface area (Å²) >= 11 is 1.42. The van der Waals surface area contributed by atoms with Crippen molar-refractivity contribution < 1.29 is 46.8 Å². The second-order valence-corrected chi connectivity index (χ2v) is 24.9. The number of thiazole rings is 1. The van der Waals surface area contributed by atoms with E-state index in [2.05, 4.69) is 73.1 Å². The number of pyridine rings is 2. The van der Waals surface area contributed by atoms with Gasteiger partial charge in [0.05, 0.1) is 85.5 Å². The van der Waals surface area contributed by atoms with E-state index < -0.39 is 64.8 Å². The summed E-state index contributed by atoms with van der Waals surface area (Å²) in [5, 5.41) is 8.23. The van der Waals surface area contributed by atoms with Crippen molar-refractivity contribution in [3.8, 4) is 22.5 Å². The minimum absolute atomic E-state index is 0.00955. The van der Waals surface area contributed by atoms with Crippen LogP contribution in [0, 0.1) is 28.9 Å². The van der Waals surface area contributed by atoms with E-state index in [0.29, 0.717) is 88.7 Å². The number of nitrogens with one attached hydrogen (secondary N) is 2. The zero-order valence-corrected chi connectivity index (χ0v) is 48.0. The molecule has 0 unspecified atom stereocenters. The van der Waals surface area contributed by atoms with Gasteiger partial charge in [0.15, 0.2) is 0 Å². The molecule has 0 spiro atoms. The van der Waals surface area contributed by atoms with Crippen LogP contribution in [0.5, 0.6) is 0 Å². The van der Waals surface area contributed by atoms with Gasteiger partial charge in [0.1, 0.15) is 28.7 Å². The SMILES string of the molecule is CO[C@@H](C)c1ncc(N2CCN(C3CC3)CC2)cc1-c1c2c3cc(ccc3n1CCOC1CCOCC1)-c1csc(n1)[C@@H](N1CCOCC1)[C@H](NC(=O)[C@H]1[C@H](C)[C@@H]1c1ncc(F)cc1F)C(=O)N1CCC[C@H](N1)C(=O)OCC(C)(C)C2. The number of anilines is 1. The second-order valence-electron chi connectivity index (χ2n) is 24.0. The first-order valence-electron chi connectivity index (χ1n) is 29.2. The number of rotatable bonds is 13. The first kappa shape index (κ1) is 56.0. The fourth-order valence-electron chi connectivity index (χ4n) is 13.1. The summed E-state index contributed by atoms with van der Waals surface area (Å²) in [6, 6.07) is 7.44. The first-order valence-corrected chi connectivity index (χ1v) is 30.1. The topological polar surface area (TPSA) is 178 Å². The number of hydrogen-bond donors (Lipinski definition) is 2. The lowest BCUT2D eigenvalue weighted by Crippen LogP contribution is -2.63. The molecule has 2 aliphatic carbocycles. The number of aromatic nitrogens is 4. The van der Waals surface area contributed by atoms with E-state index in [-0.39, 0.29) is 37.0 Å². The van der Waals surface area contributed by atoms with Crippen molar-refractivity contribution in [3.63, 3.8) is 0 Å². The summed E-state index contributed by atoms with van der Waals surface area (Å²) in [6.07, 6.45) is 8.38. The largest absolute Gasteiger partial charge is 0.464 e. The van der Waals surface area contributed by atoms with Crippen LogP contribution in [0.1, 0.15) is 106 Å². The van der Waals surface area contributed by atoms with Crippen molar-refractivity contribution in [2.45, 2.75) is 121 Å². The molecule has 81 heavy (non-hydrogen) atoms. The van der Waals surface area contributed by atoms with Gasteiger partial charge in [0, 0.05) is 129 Å². The number of halogens is 2. The van der Waals surface area contributed by atoms with Crippen molar-refractivity contribution >= 4 is 45.7 Å². The van der Waals surface area contributed by atoms with Crippen LogP contribution in [0.25, 0.3) is 33.4 Å². The summed E-state index contributed by atoms with van der Waals surface area (Å²) in [4.78, 5) is 66.5. The third-order valence-corrected chi connectivity index (χ3v) is 18.8. The highest BCUT2D eigenvalue weighted by atomic mass is 32.1. The predicted octanol–water partition coefficient (Wildman–Crippen LogP) is 7.22. The Bertz CT molecular complexity index is 3120. The van der Waals surface area contributed by atoms with Crippen LogP contribution in [-0.4, -0.2) is 169 Å². The molecule has 7 atom stereocenters. The Balaban J connectivity index is 0.988. The molecule has 7 aliphatic rings. The van der Waals surface area contributed by atoms with E-state index in [9.17, 15) is 14.0 Å². The number of fused-ring (bicyclic) bond motifs is 6. The molecule has 2 saturated carbocycles. The number of hydrogen-bond acceptors (Lipinski definition) is 16. The van der Waals surface area contributed by atoms with Gasteiger partial charge >= 0.3 is 5.97 Å². The van der Waals surface area contributed by atoms with Crippen LogP contribution in [0.3, 0.4) is 0 Å². The van der Waals surface area contributed by atoms with E-state index in [1.165, 1.54) is 29.2 Å². The normalized spacial score (nSPS) is 26.6. The molecule has 5 aromatic rings. The van der Waals surface area contributed by atoms with Crippen molar-refractivity contribution in [1.82, 2.24) is 45.1 Å². The molecule has 21 heteroatoms.